The second kappa shape index (κ2) is 8.67. The molecule has 2 aliphatic heterocycles. The third kappa shape index (κ3) is 4.71. The molecule has 0 saturated carbocycles. The van der Waals surface area contributed by atoms with Gasteiger partial charge in [-0.1, -0.05) is 0 Å². The SMILES string of the molecule is Cc1cc2c(cc1C)[n+]([O-])c1c(=O)nc([O-])nc-1n2C[C@H](O)[C@H](O)[C@H](O)COP(=O)([O-])[O-]. The molecule has 0 saturated heterocycles. The average Bonchev–Trinajstić information content (AvgIpc) is 2.68. The van der Waals surface area contributed by atoms with Crippen molar-refractivity contribution in [1.29, 1.82) is 0 Å². The van der Waals surface area contributed by atoms with E-state index < -0.39 is 62.4 Å². The Hall–Kier alpha value is -2.71. The van der Waals surface area contributed by atoms with E-state index >= 15 is 0 Å². The molecule has 0 spiro atoms. The van der Waals surface area contributed by atoms with Gasteiger partial charge in [0, 0.05) is 6.07 Å². The molecule has 32 heavy (non-hydrogen) atoms. The Balaban J connectivity index is 2.11. The molecule has 0 bridgehead atoms. The Morgan fingerprint density at radius 3 is 2.41 bits per heavy atom. The van der Waals surface area contributed by atoms with E-state index in [2.05, 4.69) is 14.5 Å². The average molecular weight is 469 g/mol. The standard InChI is InChI=1S/C17H21N4O10P/c1-7-3-9-10(4-8(7)2)21(27)13-15(18-17(26)19-16(13)25)20(9)5-11(22)14(24)12(23)6-31-32(28,29)30/h3-4,11-12,14,22-24H,5-6H2,1-2H3,(H,19,25,26)(H2,28,29,30)/p-3/t11-,12+,14-/m0/s1. The summed E-state index contributed by atoms with van der Waals surface area (Å²) in [6.45, 7) is 1.75. The molecule has 3 atom stereocenters. The van der Waals surface area contributed by atoms with Gasteiger partial charge in [-0.2, -0.15) is 9.71 Å². The van der Waals surface area contributed by atoms with Crippen molar-refractivity contribution in [2.24, 2.45) is 0 Å². The van der Waals surface area contributed by atoms with Crippen LogP contribution in [-0.4, -0.2) is 54.8 Å². The summed E-state index contributed by atoms with van der Waals surface area (Å²) in [6, 6.07) is 1.84. The van der Waals surface area contributed by atoms with Crippen LogP contribution in [0.3, 0.4) is 0 Å². The minimum absolute atomic E-state index is 0.0100. The van der Waals surface area contributed by atoms with Gasteiger partial charge in [-0.25, -0.2) is 4.98 Å². The van der Waals surface area contributed by atoms with Crippen LogP contribution in [0, 0.1) is 19.1 Å². The lowest BCUT2D eigenvalue weighted by Gasteiger charge is -2.31. The maximum atomic E-state index is 12.8. The van der Waals surface area contributed by atoms with Crippen LogP contribution < -0.4 is 25.2 Å². The summed E-state index contributed by atoms with van der Waals surface area (Å²) in [6.07, 6.45) is -5.81. The van der Waals surface area contributed by atoms with Crippen LogP contribution in [-0.2, 0) is 15.6 Å². The normalized spacial score (nSPS) is 15.2. The number of benzene rings is 1. The highest BCUT2D eigenvalue weighted by molar-refractivity contribution is 7.43. The fourth-order valence-corrected chi connectivity index (χ4v) is 3.51. The number of fused-ring (bicyclic) bond motifs is 2. The van der Waals surface area contributed by atoms with Crippen LogP contribution in [0.2, 0.25) is 0 Å². The monoisotopic (exact) mass is 469 g/mol. The number of aliphatic hydroxyl groups excluding tert-OH is 3. The Morgan fingerprint density at radius 2 is 1.78 bits per heavy atom. The minimum Gasteiger partial charge on any atom is -0.844 e. The van der Waals surface area contributed by atoms with Crippen LogP contribution in [0.5, 0.6) is 6.01 Å². The molecule has 15 heteroatoms. The number of aromatic nitrogens is 4. The van der Waals surface area contributed by atoms with Gasteiger partial charge >= 0.3 is 11.3 Å². The maximum absolute atomic E-state index is 12.8. The fraction of sp³-hybridized carbons (Fsp3) is 0.412. The smallest absolute Gasteiger partial charge is 0.348 e. The lowest BCUT2D eigenvalue weighted by Crippen LogP contribution is -2.45. The van der Waals surface area contributed by atoms with Gasteiger partial charge in [0.2, 0.25) is 11.3 Å². The maximum Gasteiger partial charge on any atom is 0.348 e. The molecule has 0 radical (unpaired) electrons. The third-order valence-corrected chi connectivity index (χ3v) is 5.40. The summed E-state index contributed by atoms with van der Waals surface area (Å²) in [5.41, 5.74) is -0.166. The molecule has 174 valence electrons. The third-order valence-electron chi connectivity index (χ3n) is 4.93. The van der Waals surface area contributed by atoms with Crippen molar-refractivity contribution in [2.75, 3.05) is 6.61 Å². The number of rotatable bonds is 7. The molecule has 0 unspecified atom stereocenters. The molecule has 1 aromatic rings. The molecule has 0 fully saturated rings. The Kier molecular flexibility index (Phi) is 6.49. The Morgan fingerprint density at radius 1 is 1.16 bits per heavy atom. The van der Waals surface area contributed by atoms with Crippen LogP contribution in [0.15, 0.2) is 16.9 Å². The second-order valence-corrected chi connectivity index (χ2v) is 8.33. The highest BCUT2D eigenvalue weighted by atomic mass is 31.2. The highest BCUT2D eigenvalue weighted by Gasteiger charge is 2.31. The van der Waals surface area contributed by atoms with E-state index in [1.165, 1.54) is 6.07 Å². The first-order valence-electron chi connectivity index (χ1n) is 9.13. The van der Waals surface area contributed by atoms with Gasteiger partial charge in [0.25, 0.3) is 0 Å². The molecular formula is C17H18N4O10P-3. The van der Waals surface area contributed by atoms with Gasteiger partial charge in [-0.15, -0.1) is 0 Å². The van der Waals surface area contributed by atoms with Gasteiger partial charge in [0.15, 0.2) is 0 Å². The van der Waals surface area contributed by atoms with E-state index in [1.54, 1.807) is 19.9 Å². The molecule has 0 aliphatic carbocycles. The number of aliphatic hydroxyl groups is 3. The van der Waals surface area contributed by atoms with Crippen LogP contribution in [0.25, 0.3) is 22.6 Å². The lowest BCUT2D eigenvalue weighted by atomic mass is 10.1. The molecule has 3 rings (SSSR count). The van der Waals surface area contributed by atoms with E-state index in [9.17, 15) is 44.8 Å². The summed E-state index contributed by atoms with van der Waals surface area (Å²) in [5, 5.41) is 55.0. The van der Waals surface area contributed by atoms with Crippen molar-refractivity contribution in [3.05, 3.63) is 38.8 Å². The second-order valence-electron chi connectivity index (χ2n) is 7.18. The summed E-state index contributed by atoms with van der Waals surface area (Å²) in [7, 11) is -5.43. The van der Waals surface area contributed by atoms with E-state index in [4.69, 9.17) is 0 Å². The number of phosphoric acid groups is 1. The number of hydrogen-bond donors (Lipinski definition) is 3. The largest absolute Gasteiger partial charge is 0.844 e. The number of hydrogen-bond acceptors (Lipinski definition) is 12. The van der Waals surface area contributed by atoms with Crippen molar-refractivity contribution in [3.8, 4) is 17.5 Å². The molecule has 2 aliphatic rings. The quantitative estimate of drug-likeness (QED) is 0.131. The highest BCUT2D eigenvalue weighted by Crippen LogP contribution is 2.26. The molecule has 1 aromatic carbocycles. The fourth-order valence-electron chi connectivity index (χ4n) is 3.17. The van der Waals surface area contributed by atoms with Gasteiger partial charge < -0.3 is 49.1 Å². The Bertz CT molecular complexity index is 1240. The van der Waals surface area contributed by atoms with Crippen molar-refractivity contribution in [3.63, 3.8) is 0 Å². The predicted molar refractivity (Wildman–Crippen MR) is 99.9 cm³/mol. The summed E-state index contributed by atoms with van der Waals surface area (Å²) < 4.78 is 15.8. The predicted octanol–water partition coefficient (Wildman–Crippen LogP) is -3.85. The van der Waals surface area contributed by atoms with Crippen molar-refractivity contribution >= 4 is 18.9 Å². The summed E-state index contributed by atoms with van der Waals surface area (Å²) in [4.78, 5) is 40.1. The topological polar surface area (TPSA) is 231 Å². The molecule has 2 heterocycles. The molecule has 14 nitrogen and oxygen atoms in total. The first kappa shape index (κ1) is 23.9. The van der Waals surface area contributed by atoms with E-state index in [0.717, 1.165) is 10.1 Å². The summed E-state index contributed by atoms with van der Waals surface area (Å²) >= 11 is 0. The number of phosphoric ester groups is 1. The zero-order valence-electron chi connectivity index (χ0n) is 16.7. The van der Waals surface area contributed by atoms with Crippen LogP contribution in [0.4, 0.5) is 0 Å². The Labute approximate surface area is 179 Å². The molecule has 0 amide bonds. The van der Waals surface area contributed by atoms with E-state index in [-0.39, 0.29) is 15.8 Å². The van der Waals surface area contributed by atoms with E-state index in [1.807, 2.05) is 0 Å². The number of aryl methyl sites for hydroxylation is 2. The zero-order valence-corrected chi connectivity index (χ0v) is 17.6. The van der Waals surface area contributed by atoms with Crippen molar-refractivity contribution < 1.29 is 44.0 Å². The van der Waals surface area contributed by atoms with Crippen molar-refractivity contribution in [2.45, 2.75) is 38.7 Å². The van der Waals surface area contributed by atoms with Crippen LogP contribution >= 0.6 is 7.82 Å². The van der Waals surface area contributed by atoms with Crippen LogP contribution in [0.1, 0.15) is 11.1 Å². The molecule has 0 aromatic heterocycles. The number of nitrogens with zero attached hydrogens (tertiary/aromatic N) is 4. The first-order valence-corrected chi connectivity index (χ1v) is 10.6. The first-order chi connectivity index (χ1) is 14.8. The molecule has 3 N–H and O–H groups in total. The summed E-state index contributed by atoms with van der Waals surface area (Å²) in [5.74, 6) is -0.415. The van der Waals surface area contributed by atoms with Gasteiger partial charge in [0.1, 0.15) is 23.8 Å². The minimum atomic E-state index is -5.43. The zero-order chi connectivity index (χ0) is 24.0. The lowest BCUT2D eigenvalue weighted by molar-refractivity contribution is -0.567. The van der Waals surface area contributed by atoms with Crippen molar-refractivity contribution in [1.82, 2.24) is 14.5 Å². The van der Waals surface area contributed by atoms with E-state index in [0.29, 0.717) is 5.56 Å². The van der Waals surface area contributed by atoms with Gasteiger partial charge in [-0.3, -0.25) is 4.79 Å². The van der Waals surface area contributed by atoms with Gasteiger partial charge in [-0.05, 0) is 31.0 Å². The molecular weight excluding hydrogens is 451 g/mol. The van der Waals surface area contributed by atoms with Gasteiger partial charge in [0.05, 0.1) is 27.0 Å².